The first-order chi connectivity index (χ1) is 11.8. The Morgan fingerprint density at radius 1 is 1.00 bits per heavy atom. The first-order valence-corrected chi connectivity index (χ1v) is 7.85. The molecule has 1 aromatic heterocycles. The highest BCUT2D eigenvalue weighted by atomic mass is 79.9. The smallest absolute Gasteiger partial charge is 0.203 e. The Bertz CT molecular complexity index is 914. The van der Waals surface area contributed by atoms with E-state index < -0.39 is 0 Å². The van der Waals surface area contributed by atoms with Gasteiger partial charge in [-0.2, -0.15) is 0 Å². The van der Waals surface area contributed by atoms with E-state index in [1.807, 2.05) is 57.7 Å². The molecule has 0 bridgehead atoms. The van der Waals surface area contributed by atoms with Crippen molar-refractivity contribution in [2.45, 2.75) is 13.1 Å². The Labute approximate surface area is 157 Å². The molecule has 3 rings (SSSR count). The molecule has 3 aromatic rings. The third-order valence-electron chi connectivity index (χ3n) is 3.93. The topological polar surface area (TPSA) is 52.2 Å². The maximum atomic E-state index is 8.44. The molecule has 0 unspecified atom stereocenters. The Morgan fingerprint density at radius 2 is 1.60 bits per heavy atom. The number of allylic oxidation sites excluding steroid dienone is 1. The number of nitrogens with one attached hydrogen (secondary N) is 1. The van der Waals surface area contributed by atoms with Crippen molar-refractivity contribution in [2.75, 3.05) is 13.7 Å². The van der Waals surface area contributed by atoms with Gasteiger partial charge in [0.05, 0.1) is 24.7 Å². The van der Waals surface area contributed by atoms with Crippen molar-refractivity contribution in [3.8, 4) is 11.5 Å². The molecule has 6 heteroatoms. The maximum Gasteiger partial charge on any atom is 0.203 e. The molecule has 0 aliphatic rings. The molecule has 0 spiro atoms. The molecule has 132 valence electrons. The second-order valence-electron chi connectivity index (χ2n) is 5.36. The summed E-state index contributed by atoms with van der Waals surface area (Å²) in [6.45, 7) is 5.44. The lowest BCUT2D eigenvalue weighted by atomic mass is 10.3. The highest BCUT2D eigenvalue weighted by Crippen LogP contribution is 2.25. The molecule has 0 saturated carbocycles. The van der Waals surface area contributed by atoms with Gasteiger partial charge in [0.25, 0.3) is 0 Å². The van der Waals surface area contributed by atoms with Gasteiger partial charge in [-0.3, -0.25) is 5.41 Å². The first kappa shape index (κ1) is 18.9. The number of hydrogen-bond acceptors (Lipinski definition) is 3. The van der Waals surface area contributed by atoms with Crippen molar-refractivity contribution < 1.29 is 9.47 Å². The number of fused-ring (bicyclic) bond motifs is 1. The van der Waals surface area contributed by atoms with Crippen LogP contribution in [0.4, 0.5) is 0 Å². The van der Waals surface area contributed by atoms with E-state index in [1.165, 1.54) is 0 Å². The van der Waals surface area contributed by atoms with Crippen molar-refractivity contribution in [1.82, 2.24) is 9.13 Å². The van der Waals surface area contributed by atoms with E-state index >= 15 is 0 Å². The molecule has 0 amide bonds. The minimum atomic E-state index is 0. The van der Waals surface area contributed by atoms with Crippen LogP contribution in [0.1, 0.15) is 0 Å². The number of benzene rings is 2. The molecule has 0 fully saturated rings. The zero-order valence-corrected chi connectivity index (χ0v) is 15.9. The lowest BCUT2D eigenvalue weighted by Gasteiger charge is -2.11. The van der Waals surface area contributed by atoms with E-state index in [0.29, 0.717) is 36.8 Å². The largest absolute Gasteiger partial charge is 0.493 e. The van der Waals surface area contributed by atoms with Gasteiger partial charge in [-0.25, -0.2) is 0 Å². The van der Waals surface area contributed by atoms with Gasteiger partial charge >= 0.3 is 0 Å². The van der Waals surface area contributed by atoms with Crippen molar-refractivity contribution in [3.63, 3.8) is 0 Å². The lowest BCUT2D eigenvalue weighted by molar-refractivity contribution is 0.278. The van der Waals surface area contributed by atoms with E-state index in [0.717, 1.165) is 11.0 Å². The van der Waals surface area contributed by atoms with Gasteiger partial charge in [0.2, 0.25) is 5.62 Å². The van der Waals surface area contributed by atoms with Gasteiger partial charge < -0.3 is 18.6 Å². The summed E-state index contributed by atoms with van der Waals surface area (Å²) in [4.78, 5) is 0. The number of hydrogen-bond donors (Lipinski definition) is 1. The van der Waals surface area contributed by atoms with Gasteiger partial charge in [-0.15, -0.1) is 23.6 Å². The molecule has 0 atom stereocenters. The molecular formula is C19H22BrN3O2. The van der Waals surface area contributed by atoms with Crippen LogP contribution in [0.3, 0.4) is 0 Å². The second kappa shape index (κ2) is 8.58. The summed E-state index contributed by atoms with van der Waals surface area (Å²) in [6.07, 6.45) is 1.81. The molecule has 0 aliphatic heterocycles. The van der Waals surface area contributed by atoms with Crippen LogP contribution in [0.25, 0.3) is 11.0 Å². The van der Waals surface area contributed by atoms with Gasteiger partial charge in [-0.1, -0.05) is 30.3 Å². The molecule has 0 radical (unpaired) electrons. The highest BCUT2D eigenvalue weighted by Gasteiger charge is 2.10. The molecule has 5 nitrogen and oxygen atoms in total. The third kappa shape index (κ3) is 3.79. The minimum Gasteiger partial charge on any atom is -0.493 e. The predicted molar refractivity (Wildman–Crippen MR) is 105 cm³/mol. The van der Waals surface area contributed by atoms with Crippen LogP contribution in [0.5, 0.6) is 11.5 Å². The second-order valence-corrected chi connectivity index (χ2v) is 5.36. The van der Waals surface area contributed by atoms with Crippen LogP contribution < -0.4 is 15.1 Å². The summed E-state index contributed by atoms with van der Waals surface area (Å²) in [5.41, 5.74) is 2.49. The van der Waals surface area contributed by atoms with Crippen LogP contribution in [0, 0.1) is 5.41 Å². The summed E-state index contributed by atoms with van der Waals surface area (Å²) in [5, 5.41) is 8.44. The fourth-order valence-electron chi connectivity index (χ4n) is 2.82. The van der Waals surface area contributed by atoms with E-state index in [4.69, 9.17) is 14.9 Å². The average molecular weight is 404 g/mol. The number of methoxy groups -OCH3 is 1. The number of nitrogens with zero attached hydrogens (tertiary/aromatic N) is 2. The normalized spacial score (nSPS) is 10.3. The van der Waals surface area contributed by atoms with Crippen LogP contribution in [-0.4, -0.2) is 22.9 Å². The first-order valence-electron chi connectivity index (χ1n) is 7.85. The number of aromatic nitrogens is 2. The van der Waals surface area contributed by atoms with Crippen LogP contribution in [-0.2, 0) is 13.1 Å². The van der Waals surface area contributed by atoms with Crippen molar-refractivity contribution in [1.29, 1.82) is 5.41 Å². The maximum absolute atomic E-state index is 8.44. The summed E-state index contributed by atoms with van der Waals surface area (Å²) in [5.74, 6) is 1.42. The van der Waals surface area contributed by atoms with Gasteiger partial charge in [0.1, 0.15) is 6.61 Å². The Morgan fingerprint density at radius 3 is 2.24 bits per heavy atom. The van der Waals surface area contributed by atoms with Crippen molar-refractivity contribution in [3.05, 3.63) is 66.8 Å². The predicted octanol–water partition coefficient (Wildman–Crippen LogP) is 3.77. The highest BCUT2D eigenvalue weighted by molar-refractivity contribution is 8.93. The van der Waals surface area contributed by atoms with Crippen LogP contribution in [0.2, 0.25) is 0 Å². The molecule has 25 heavy (non-hydrogen) atoms. The van der Waals surface area contributed by atoms with Crippen molar-refractivity contribution in [2.24, 2.45) is 0 Å². The molecule has 1 N–H and O–H groups in total. The van der Waals surface area contributed by atoms with Gasteiger partial charge in [0.15, 0.2) is 11.5 Å². The van der Waals surface area contributed by atoms with Crippen LogP contribution >= 0.6 is 17.0 Å². The fraction of sp³-hybridized carbons (Fsp3) is 0.211. The number of halogens is 1. The average Bonchev–Trinajstić information content (AvgIpc) is 2.88. The zero-order chi connectivity index (χ0) is 16.9. The number of rotatable bonds is 7. The van der Waals surface area contributed by atoms with E-state index in [9.17, 15) is 0 Å². The van der Waals surface area contributed by atoms with E-state index in [-0.39, 0.29) is 17.0 Å². The lowest BCUT2D eigenvalue weighted by Crippen LogP contribution is -2.26. The Hall–Kier alpha value is -2.47. The SMILES string of the molecule is Br.C=CCn1c(=N)n(CCOc2ccccc2OC)c2ccccc21. The van der Waals surface area contributed by atoms with E-state index in [2.05, 4.69) is 6.58 Å². The molecule has 2 aromatic carbocycles. The molecular weight excluding hydrogens is 382 g/mol. The van der Waals surface area contributed by atoms with Crippen molar-refractivity contribution >= 4 is 28.0 Å². The molecule has 0 aliphatic carbocycles. The standard InChI is InChI=1S/C19H21N3O2.BrH/c1-3-12-21-15-8-4-5-9-16(15)22(19(21)20)13-14-24-18-11-7-6-10-17(18)23-2;/h3-11,20H,1,12-14H2,2H3;1H. The molecule has 1 heterocycles. The Kier molecular flexibility index (Phi) is 6.47. The third-order valence-corrected chi connectivity index (χ3v) is 3.93. The number of para-hydroxylation sites is 4. The zero-order valence-electron chi connectivity index (χ0n) is 14.1. The quantitative estimate of drug-likeness (QED) is 0.610. The monoisotopic (exact) mass is 403 g/mol. The molecule has 0 saturated heterocycles. The van der Waals surface area contributed by atoms with Crippen LogP contribution in [0.15, 0.2) is 61.2 Å². The van der Waals surface area contributed by atoms with Gasteiger partial charge in [0, 0.05) is 6.54 Å². The summed E-state index contributed by atoms with van der Waals surface area (Å²) in [6, 6.07) is 15.6. The summed E-state index contributed by atoms with van der Waals surface area (Å²) >= 11 is 0. The van der Waals surface area contributed by atoms with Gasteiger partial charge in [-0.05, 0) is 24.3 Å². The number of imidazole rings is 1. The summed E-state index contributed by atoms with van der Waals surface area (Å²) in [7, 11) is 1.63. The van der Waals surface area contributed by atoms with E-state index in [1.54, 1.807) is 13.2 Å². The number of ether oxygens (including phenoxy) is 2. The Balaban J connectivity index is 0.00000225. The fourth-order valence-corrected chi connectivity index (χ4v) is 2.82. The minimum absolute atomic E-state index is 0. The summed E-state index contributed by atoms with van der Waals surface area (Å²) < 4.78 is 15.0.